The van der Waals surface area contributed by atoms with E-state index < -0.39 is 12.0 Å². The van der Waals surface area contributed by atoms with Crippen molar-refractivity contribution >= 4 is 12.0 Å². The monoisotopic (exact) mass is 270 g/mol. The van der Waals surface area contributed by atoms with Gasteiger partial charge in [0.1, 0.15) is 6.04 Å². The number of fused-ring (bicyclic) bond motifs is 1. The number of carboxylic acids is 1. The van der Waals surface area contributed by atoms with Crippen LogP contribution in [0, 0.1) is 11.8 Å². The van der Waals surface area contributed by atoms with E-state index in [4.69, 9.17) is 4.74 Å². The van der Waals surface area contributed by atoms with Crippen LogP contribution in [0.3, 0.4) is 0 Å². The fourth-order valence-corrected chi connectivity index (χ4v) is 3.34. The molecule has 0 aromatic heterocycles. The van der Waals surface area contributed by atoms with Crippen molar-refractivity contribution in [1.82, 2.24) is 10.2 Å². The maximum absolute atomic E-state index is 12.1. The molecule has 1 saturated carbocycles. The molecular weight excluding hydrogens is 248 g/mol. The van der Waals surface area contributed by atoms with E-state index in [-0.39, 0.29) is 11.9 Å². The van der Waals surface area contributed by atoms with E-state index in [0.29, 0.717) is 25.6 Å². The molecular formula is C13H22N2O4. The number of aliphatic carboxylic acids is 1. The molecule has 2 rings (SSSR count). The molecule has 2 aliphatic rings. The highest BCUT2D eigenvalue weighted by atomic mass is 16.5. The summed E-state index contributed by atoms with van der Waals surface area (Å²) in [4.78, 5) is 25.0. The van der Waals surface area contributed by atoms with E-state index in [9.17, 15) is 14.7 Å². The summed E-state index contributed by atoms with van der Waals surface area (Å²) < 4.78 is 4.91. The second kappa shape index (κ2) is 6.23. The molecule has 2 amide bonds. The highest BCUT2D eigenvalue weighted by molar-refractivity contribution is 5.83. The Morgan fingerprint density at radius 3 is 2.89 bits per heavy atom. The zero-order chi connectivity index (χ0) is 13.8. The molecule has 2 fully saturated rings. The lowest BCUT2D eigenvalue weighted by Gasteiger charge is -2.24. The Kier molecular flexibility index (Phi) is 4.63. The summed E-state index contributed by atoms with van der Waals surface area (Å²) in [5.41, 5.74) is 0. The van der Waals surface area contributed by atoms with Crippen molar-refractivity contribution in [2.24, 2.45) is 11.8 Å². The van der Waals surface area contributed by atoms with Crippen LogP contribution in [0.25, 0.3) is 0 Å². The number of carbonyl (C=O) groups excluding carboxylic acids is 1. The molecule has 6 nitrogen and oxygen atoms in total. The number of likely N-dealkylation sites (tertiary alicyclic amines) is 1. The van der Waals surface area contributed by atoms with Gasteiger partial charge in [-0.05, 0) is 31.1 Å². The third-order valence-corrected chi connectivity index (χ3v) is 4.21. The van der Waals surface area contributed by atoms with Gasteiger partial charge in [0, 0.05) is 26.8 Å². The molecule has 1 heterocycles. The van der Waals surface area contributed by atoms with Crippen LogP contribution in [0.4, 0.5) is 4.79 Å². The van der Waals surface area contributed by atoms with Gasteiger partial charge in [-0.15, -0.1) is 0 Å². The van der Waals surface area contributed by atoms with Crippen molar-refractivity contribution in [2.45, 2.75) is 31.7 Å². The minimum absolute atomic E-state index is 0.141. The number of methoxy groups -OCH3 is 1. The van der Waals surface area contributed by atoms with Gasteiger partial charge in [0.2, 0.25) is 0 Å². The van der Waals surface area contributed by atoms with Gasteiger partial charge >= 0.3 is 12.0 Å². The third kappa shape index (κ3) is 3.00. The SMILES string of the molecule is COCCCNC(=O)N1CC2CCCC2C1C(=O)O. The number of ether oxygens (including phenoxy) is 1. The van der Waals surface area contributed by atoms with E-state index >= 15 is 0 Å². The van der Waals surface area contributed by atoms with Gasteiger partial charge in [-0.2, -0.15) is 0 Å². The Balaban J connectivity index is 1.91. The molecule has 1 saturated heterocycles. The van der Waals surface area contributed by atoms with E-state index in [1.807, 2.05) is 0 Å². The number of hydrogen-bond acceptors (Lipinski definition) is 3. The molecule has 0 aromatic carbocycles. The van der Waals surface area contributed by atoms with Crippen molar-refractivity contribution in [3.63, 3.8) is 0 Å². The smallest absolute Gasteiger partial charge is 0.326 e. The Hall–Kier alpha value is -1.30. The Labute approximate surface area is 113 Å². The van der Waals surface area contributed by atoms with Crippen LogP contribution >= 0.6 is 0 Å². The Bertz CT molecular complexity index is 348. The van der Waals surface area contributed by atoms with Gasteiger partial charge in [0.15, 0.2) is 0 Å². The first-order valence-corrected chi connectivity index (χ1v) is 6.91. The van der Waals surface area contributed by atoms with Crippen LogP contribution < -0.4 is 5.32 Å². The lowest BCUT2D eigenvalue weighted by molar-refractivity contribution is -0.142. The van der Waals surface area contributed by atoms with Gasteiger partial charge in [0.05, 0.1) is 0 Å². The molecule has 0 bridgehead atoms. The molecule has 3 unspecified atom stereocenters. The summed E-state index contributed by atoms with van der Waals surface area (Å²) in [6, 6.07) is -0.896. The number of nitrogens with one attached hydrogen (secondary N) is 1. The Morgan fingerprint density at radius 2 is 2.21 bits per heavy atom. The molecule has 3 atom stereocenters. The minimum Gasteiger partial charge on any atom is -0.480 e. The lowest BCUT2D eigenvalue weighted by Crippen LogP contribution is -2.48. The fraction of sp³-hybridized carbons (Fsp3) is 0.846. The number of carboxylic acid groups (broad SMARTS) is 1. The lowest BCUT2D eigenvalue weighted by atomic mass is 9.94. The van der Waals surface area contributed by atoms with E-state index in [2.05, 4.69) is 5.32 Å². The summed E-state index contributed by atoms with van der Waals surface area (Å²) in [6.45, 7) is 1.69. The first kappa shape index (κ1) is 14.1. The minimum atomic E-state index is -0.874. The molecule has 108 valence electrons. The van der Waals surface area contributed by atoms with Gasteiger partial charge in [-0.1, -0.05) is 6.42 Å². The molecule has 0 spiro atoms. The van der Waals surface area contributed by atoms with Gasteiger partial charge < -0.3 is 20.1 Å². The molecule has 19 heavy (non-hydrogen) atoms. The summed E-state index contributed by atoms with van der Waals surface area (Å²) in [6.07, 6.45) is 3.79. The highest BCUT2D eigenvalue weighted by Gasteiger charge is 2.49. The average Bonchev–Trinajstić information content (AvgIpc) is 2.93. The van der Waals surface area contributed by atoms with Crippen LogP contribution in [0.15, 0.2) is 0 Å². The largest absolute Gasteiger partial charge is 0.480 e. The van der Waals surface area contributed by atoms with E-state index in [0.717, 1.165) is 25.7 Å². The highest BCUT2D eigenvalue weighted by Crippen LogP contribution is 2.42. The van der Waals surface area contributed by atoms with Crippen LogP contribution in [0.5, 0.6) is 0 Å². The van der Waals surface area contributed by atoms with Crippen molar-refractivity contribution in [3.05, 3.63) is 0 Å². The van der Waals surface area contributed by atoms with Crippen molar-refractivity contribution in [1.29, 1.82) is 0 Å². The summed E-state index contributed by atoms with van der Waals surface area (Å²) in [7, 11) is 1.62. The normalized spacial score (nSPS) is 29.3. The van der Waals surface area contributed by atoms with Gasteiger partial charge in [-0.25, -0.2) is 9.59 Å². The molecule has 6 heteroatoms. The van der Waals surface area contributed by atoms with Crippen LogP contribution in [0.1, 0.15) is 25.7 Å². The second-order valence-electron chi connectivity index (χ2n) is 5.37. The maximum Gasteiger partial charge on any atom is 0.326 e. The first-order chi connectivity index (χ1) is 9.15. The zero-order valence-corrected chi connectivity index (χ0v) is 11.3. The van der Waals surface area contributed by atoms with Crippen molar-refractivity contribution < 1.29 is 19.4 Å². The quantitative estimate of drug-likeness (QED) is 0.728. The number of urea groups is 1. The molecule has 0 aromatic rings. The topological polar surface area (TPSA) is 78.9 Å². The van der Waals surface area contributed by atoms with Crippen molar-refractivity contribution in [2.75, 3.05) is 26.8 Å². The second-order valence-corrected chi connectivity index (χ2v) is 5.37. The molecule has 2 N–H and O–H groups in total. The first-order valence-electron chi connectivity index (χ1n) is 6.91. The number of rotatable bonds is 5. The summed E-state index contributed by atoms with van der Waals surface area (Å²) >= 11 is 0. The van der Waals surface area contributed by atoms with Crippen LogP contribution in [-0.4, -0.2) is 54.9 Å². The van der Waals surface area contributed by atoms with Crippen LogP contribution in [-0.2, 0) is 9.53 Å². The number of amides is 2. The van der Waals surface area contributed by atoms with E-state index in [1.54, 1.807) is 7.11 Å². The van der Waals surface area contributed by atoms with Gasteiger partial charge in [0.25, 0.3) is 0 Å². The maximum atomic E-state index is 12.1. The summed E-state index contributed by atoms with van der Waals surface area (Å²) in [5.74, 6) is -0.366. The predicted octanol–water partition coefficient (Wildman–Crippen LogP) is 0.918. The predicted molar refractivity (Wildman–Crippen MR) is 68.9 cm³/mol. The average molecular weight is 270 g/mol. The third-order valence-electron chi connectivity index (χ3n) is 4.21. The number of carbonyl (C=O) groups is 2. The Morgan fingerprint density at radius 1 is 1.42 bits per heavy atom. The van der Waals surface area contributed by atoms with Crippen LogP contribution in [0.2, 0.25) is 0 Å². The number of hydrogen-bond donors (Lipinski definition) is 2. The van der Waals surface area contributed by atoms with E-state index in [1.165, 1.54) is 4.90 Å². The zero-order valence-electron chi connectivity index (χ0n) is 11.3. The standard InChI is InChI=1S/C13H22N2O4/c1-19-7-3-6-14-13(18)15-8-9-4-2-5-10(9)11(15)12(16)17/h9-11H,2-8H2,1H3,(H,14,18)(H,16,17). The molecule has 1 aliphatic heterocycles. The molecule has 0 radical (unpaired) electrons. The van der Waals surface area contributed by atoms with Crippen molar-refractivity contribution in [3.8, 4) is 0 Å². The molecule has 1 aliphatic carbocycles. The fourth-order valence-electron chi connectivity index (χ4n) is 3.34. The summed E-state index contributed by atoms with van der Waals surface area (Å²) in [5, 5.41) is 12.1. The van der Waals surface area contributed by atoms with Gasteiger partial charge in [-0.3, -0.25) is 0 Å². The number of nitrogens with zero attached hydrogens (tertiary/aromatic N) is 1.